The Labute approximate surface area is 114 Å². The number of hydrogen-bond donors (Lipinski definition) is 2. The van der Waals surface area contributed by atoms with Gasteiger partial charge >= 0.3 is 0 Å². The smallest absolute Gasteiger partial charge is 0.123 e. The van der Waals surface area contributed by atoms with Gasteiger partial charge in [-0.3, -0.25) is 0 Å². The molecule has 19 heavy (non-hydrogen) atoms. The number of rotatable bonds is 4. The van der Waals surface area contributed by atoms with Crippen molar-refractivity contribution < 1.29 is 5.11 Å². The second-order valence-corrected chi connectivity index (χ2v) is 4.88. The minimum absolute atomic E-state index is 0.374. The second kappa shape index (κ2) is 5.65. The highest BCUT2D eigenvalue weighted by Gasteiger charge is 2.03. The average molecular weight is 256 g/mol. The SMILES string of the molecule is Cc1cccc(CNc2cccc(N(C)C)c2)c1O. The Bertz CT molecular complexity index is 564. The van der Waals surface area contributed by atoms with Crippen LogP contribution in [0.25, 0.3) is 0 Å². The van der Waals surface area contributed by atoms with E-state index < -0.39 is 0 Å². The minimum atomic E-state index is 0.374. The molecule has 100 valence electrons. The van der Waals surface area contributed by atoms with Gasteiger partial charge in [0.15, 0.2) is 0 Å². The molecule has 0 heterocycles. The molecule has 0 unspecified atom stereocenters. The van der Waals surface area contributed by atoms with Crippen molar-refractivity contribution >= 4 is 11.4 Å². The summed E-state index contributed by atoms with van der Waals surface area (Å²) in [5.41, 5.74) is 4.02. The summed E-state index contributed by atoms with van der Waals surface area (Å²) < 4.78 is 0. The summed E-state index contributed by atoms with van der Waals surface area (Å²) in [6.45, 7) is 2.52. The van der Waals surface area contributed by atoms with E-state index in [-0.39, 0.29) is 0 Å². The van der Waals surface area contributed by atoms with Crippen molar-refractivity contribution in [3.8, 4) is 5.75 Å². The maximum absolute atomic E-state index is 9.97. The average Bonchev–Trinajstić information content (AvgIpc) is 2.41. The molecule has 0 aromatic heterocycles. The van der Waals surface area contributed by atoms with Crippen LogP contribution in [0, 0.1) is 6.92 Å². The fourth-order valence-electron chi connectivity index (χ4n) is 1.95. The van der Waals surface area contributed by atoms with Gasteiger partial charge < -0.3 is 15.3 Å². The third kappa shape index (κ3) is 3.19. The number of aromatic hydroxyl groups is 1. The molecule has 3 heteroatoms. The van der Waals surface area contributed by atoms with E-state index in [9.17, 15) is 5.11 Å². The Morgan fingerprint density at radius 2 is 1.84 bits per heavy atom. The number of nitrogens with one attached hydrogen (secondary N) is 1. The zero-order valence-corrected chi connectivity index (χ0v) is 11.6. The van der Waals surface area contributed by atoms with E-state index in [1.807, 2.05) is 51.4 Å². The van der Waals surface area contributed by atoms with Gasteiger partial charge in [-0.25, -0.2) is 0 Å². The Hall–Kier alpha value is -2.16. The van der Waals surface area contributed by atoms with Crippen LogP contribution in [0.4, 0.5) is 11.4 Å². The van der Waals surface area contributed by atoms with Gasteiger partial charge in [0.25, 0.3) is 0 Å². The Balaban J connectivity index is 2.10. The van der Waals surface area contributed by atoms with Gasteiger partial charge in [0.05, 0.1) is 0 Å². The van der Waals surface area contributed by atoms with Crippen molar-refractivity contribution in [1.29, 1.82) is 0 Å². The van der Waals surface area contributed by atoms with Crippen molar-refractivity contribution in [1.82, 2.24) is 0 Å². The van der Waals surface area contributed by atoms with Gasteiger partial charge in [-0.05, 0) is 30.7 Å². The largest absolute Gasteiger partial charge is 0.507 e. The zero-order chi connectivity index (χ0) is 13.8. The molecule has 0 amide bonds. The lowest BCUT2D eigenvalue weighted by molar-refractivity contribution is 0.465. The van der Waals surface area contributed by atoms with E-state index in [0.29, 0.717) is 12.3 Å². The molecule has 3 nitrogen and oxygen atoms in total. The van der Waals surface area contributed by atoms with Gasteiger partial charge in [0.1, 0.15) is 5.75 Å². The molecule has 0 aliphatic carbocycles. The van der Waals surface area contributed by atoms with E-state index in [1.165, 1.54) is 0 Å². The van der Waals surface area contributed by atoms with Gasteiger partial charge in [0.2, 0.25) is 0 Å². The fraction of sp³-hybridized carbons (Fsp3) is 0.250. The highest BCUT2D eigenvalue weighted by atomic mass is 16.3. The first-order valence-electron chi connectivity index (χ1n) is 6.36. The van der Waals surface area contributed by atoms with E-state index in [2.05, 4.69) is 22.3 Å². The molecule has 0 atom stereocenters. The third-order valence-corrected chi connectivity index (χ3v) is 3.17. The molecule has 0 radical (unpaired) electrons. The normalized spacial score (nSPS) is 10.3. The molecule has 0 aliphatic heterocycles. The topological polar surface area (TPSA) is 35.5 Å². The first-order chi connectivity index (χ1) is 9.08. The fourth-order valence-corrected chi connectivity index (χ4v) is 1.95. The summed E-state index contributed by atoms with van der Waals surface area (Å²) in [5.74, 6) is 0.374. The summed E-state index contributed by atoms with van der Waals surface area (Å²) in [7, 11) is 4.04. The van der Waals surface area contributed by atoms with E-state index >= 15 is 0 Å². The van der Waals surface area contributed by atoms with E-state index in [1.54, 1.807) is 0 Å². The molecule has 0 saturated heterocycles. The number of para-hydroxylation sites is 1. The second-order valence-electron chi connectivity index (χ2n) is 4.88. The first kappa shape index (κ1) is 13.3. The van der Waals surface area contributed by atoms with Crippen LogP contribution in [0.15, 0.2) is 42.5 Å². The number of benzene rings is 2. The van der Waals surface area contributed by atoms with Crippen molar-refractivity contribution in [2.24, 2.45) is 0 Å². The van der Waals surface area contributed by atoms with Crippen molar-refractivity contribution in [3.05, 3.63) is 53.6 Å². The molecular formula is C16H20N2O. The Morgan fingerprint density at radius 1 is 1.11 bits per heavy atom. The molecule has 0 saturated carbocycles. The maximum atomic E-state index is 9.97. The van der Waals surface area contributed by atoms with Crippen molar-refractivity contribution in [2.45, 2.75) is 13.5 Å². The standard InChI is InChI=1S/C16H20N2O/c1-12-6-4-7-13(16(12)19)11-17-14-8-5-9-15(10-14)18(2)3/h4-10,17,19H,11H2,1-3H3. The summed E-state index contributed by atoms with van der Waals surface area (Å²) >= 11 is 0. The lowest BCUT2D eigenvalue weighted by Crippen LogP contribution is -2.09. The monoisotopic (exact) mass is 256 g/mol. The molecule has 0 spiro atoms. The molecule has 2 rings (SSSR count). The van der Waals surface area contributed by atoms with Crippen LogP contribution >= 0.6 is 0 Å². The van der Waals surface area contributed by atoms with Crippen LogP contribution in [-0.4, -0.2) is 19.2 Å². The maximum Gasteiger partial charge on any atom is 0.123 e. The third-order valence-electron chi connectivity index (χ3n) is 3.17. The zero-order valence-electron chi connectivity index (χ0n) is 11.6. The van der Waals surface area contributed by atoms with Crippen LogP contribution in [0.2, 0.25) is 0 Å². The van der Waals surface area contributed by atoms with Crippen LogP contribution in [0.5, 0.6) is 5.75 Å². The first-order valence-corrected chi connectivity index (χ1v) is 6.36. The molecular weight excluding hydrogens is 236 g/mol. The molecule has 2 N–H and O–H groups in total. The van der Waals surface area contributed by atoms with E-state index in [0.717, 1.165) is 22.5 Å². The summed E-state index contributed by atoms with van der Waals surface area (Å²) in [6, 6.07) is 14.0. The summed E-state index contributed by atoms with van der Waals surface area (Å²) in [6.07, 6.45) is 0. The van der Waals surface area contributed by atoms with E-state index in [4.69, 9.17) is 0 Å². The number of phenols is 1. The van der Waals surface area contributed by atoms with Gasteiger partial charge in [-0.15, -0.1) is 0 Å². The van der Waals surface area contributed by atoms with Crippen molar-refractivity contribution in [3.63, 3.8) is 0 Å². The Kier molecular flexibility index (Phi) is 3.95. The highest BCUT2D eigenvalue weighted by Crippen LogP contribution is 2.23. The van der Waals surface area contributed by atoms with Gasteiger partial charge in [-0.1, -0.05) is 24.3 Å². The van der Waals surface area contributed by atoms with Crippen LogP contribution < -0.4 is 10.2 Å². The number of anilines is 2. The Morgan fingerprint density at radius 3 is 2.58 bits per heavy atom. The number of aryl methyl sites for hydroxylation is 1. The highest BCUT2D eigenvalue weighted by molar-refractivity contribution is 5.57. The number of hydrogen-bond acceptors (Lipinski definition) is 3. The molecule has 2 aromatic rings. The molecule has 0 bridgehead atoms. The minimum Gasteiger partial charge on any atom is -0.507 e. The molecule has 0 fully saturated rings. The lowest BCUT2D eigenvalue weighted by atomic mass is 10.1. The van der Waals surface area contributed by atoms with Crippen molar-refractivity contribution in [2.75, 3.05) is 24.3 Å². The molecule has 0 aliphatic rings. The summed E-state index contributed by atoms with van der Waals surface area (Å²) in [4.78, 5) is 2.06. The van der Waals surface area contributed by atoms with Crippen LogP contribution in [0.3, 0.4) is 0 Å². The number of phenolic OH excluding ortho intramolecular Hbond substituents is 1. The number of nitrogens with zero attached hydrogens (tertiary/aromatic N) is 1. The lowest BCUT2D eigenvalue weighted by Gasteiger charge is -2.15. The summed E-state index contributed by atoms with van der Waals surface area (Å²) in [5, 5.41) is 13.3. The molecule has 2 aromatic carbocycles. The van der Waals surface area contributed by atoms with Crippen LogP contribution in [-0.2, 0) is 6.54 Å². The van der Waals surface area contributed by atoms with Crippen LogP contribution in [0.1, 0.15) is 11.1 Å². The van der Waals surface area contributed by atoms with Gasteiger partial charge in [-0.2, -0.15) is 0 Å². The quantitative estimate of drug-likeness (QED) is 0.880. The van der Waals surface area contributed by atoms with Gasteiger partial charge in [0, 0.05) is 37.6 Å². The predicted molar refractivity (Wildman–Crippen MR) is 80.9 cm³/mol. The predicted octanol–water partition coefficient (Wildman–Crippen LogP) is 3.38.